The Kier molecular flexibility index (Phi) is 5.91. The van der Waals surface area contributed by atoms with Gasteiger partial charge in [-0.15, -0.1) is 0 Å². The summed E-state index contributed by atoms with van der Waals surface area (Å²) in [6.45, 7) is 4.10. The van der Waals surface area contributed by atoms with Crippen molar-refractivity contribution < 1.29 is 14.7 Å². The molecule has 104 valence electrons. The molecule has 1 aliphatic rings. The molecule has 1 fully saturated rings. The molecule has 1 heterocycles. The van der Waals surface area contributed by atoms with Crippen molar-refractivity contribution in [2.24, 2.45) is 5.92 Å². The molecule has 2 atom stereocenters. The lowest BCUT2D eigenvalue weighted by atomic mass is 10.1. The SMILES string of the molecule is CC(CCCNC(=O)NC1CCN(C)C1)C(=O)O. The number of hydrogen-bond acceptors (Lipinski definition) is 3. The van der Waals surface area contributed by atoms with E-state index in [2.05, 4.69) is 15.5 Å². The van der Waals surface area contributed by atoms with Crippen molar-refractivity contribution >= 4 is 12.0 Å². The van der Waals surface area contributed by atoms with Crippen molar-refractivity contribution in [1.29, 1.82) is 0 Å². The average molecular weight is 257 g/mol. The van der Waals surface area contributed by atoms with Crippen LogP contribution in [0.15, 0.2) is 0 Å². The first-order valence-electron chi connectivity index (χ1n) is 6.44. The number of rotatable bonds is 6. The first-order chi connectivity index (χ1) is 8.49. The molecule has 1 saturated heterocycles. The van der Waals surface area contributed by atoms with Gasteiger partial charge in [0.2, 0.25) is 0 Å². The summed E-state index contributed by atoms with van der Waals surface area (Å²) in [6, 6.07) is 0.0752. The van der Waals surface area contributed by atoms with Crippen LogP contribution in [0.3, 0.4) is 0 Å². The van der Waals surface area contributed by atoms with E-state index in [4.69, 9.17) is 5.11 Å². The Morgan fingerprint density at radius 3 is 2.78 bits per heavy atom. The lowest BCUT2D eigenvalue weighted by Gasteiger charge is -2.14. The smallest absolute Gasteiger partial charge is 0.315 e. The van der Waals surface area contributed by atoms with E-state index in [0.717, 1.165) is 19.5 Å². The molecular weight excluding hydrogens is 234 g/mol. The third-order valence-corrected chi connectivity index (χ3v) is 3.25. The quantitative estimate of drug-likeness (QED) is 0.605. The number of amides is 2. The normalized spacial score (nSPS) is 21.6. The minimum atomic E-state index is -0.784. The molecule has 0 aromatic heterocycles. The van der Waals surface area contributed by atoms with Crippen LogP contribution in [0.4, 0.5) is 4.79 Å². The van der Waals surface area contributed by atoms with E-state index in [0.29, 0.717) is 19.4 Å². The Hall–Kier alpha value is -1.30. The van der Waals surface area contributed by atoms with Gasteiger partial charge in [-0.1, -0.05) is 6.92 Å². The van der Waals surface area contributed by atoms with E-state index < -0.39 is 5.97 Å². The molecule has 2 unspecified atom stereocenters. The van der Waals surface area contributed by atoms with Crippen molar-refractivity contribution in [3.05, 3.63) is 0 Å². The second kappa shape index (κ2) is 7.20. The zero-order valence-corrected chi connectivity index (χ0v) is 11.1. The number of nitrogens with zero attached hydrogens (tertiary/aromatic N) is 1. The number of carbonyl (C=O) groups excluding carboxylic acids is 1. The number of nitrogens with one attached hydrogen (secondary N) is 2. The maximum atomic E-state index is 11.5. The van der Waals surface area contributed by atoms with E-state index in [9.17, 15) is 9.59 Å². The molecule has 3 N–H and O–H groups in total. The Bertz CT molecular complexity index is 296. The third kappa shape index (κ3) is 5.35. The van der Waals surface area contributed by atoms with Crippen LogP contribution in [0.5, 0.6) is 0 Å². The molecule has 0 spiro atoms. The van der Waals surface area contributed by atoms with Gasteiger partial charge < -0.3 is 20.6 Å². The van der Waals surface area contributed by atoms with E-state index >= 15 is 0 Å². The highest BCUT2D eigenvalue weighted by Gasteiger charge is 2.20. The molecule has 18 heavy (non-hydrogen) atoms. The van der Waals surface area contributed by atoms with Crippen molar-refractivity contribution in [3.8, 4) is 0 Å². The minimum Gasteiger partial charge on any atom is -0.481 e. The number of urea groups is 1. The van der Waals surface area contributed by atoms with E-state index in [1.165, 1.54) is 0 Å². The van der Waals surface area contributed by atoms with Gasteiger partial charge in [0, 0.05) is 19.1 Å². The summed E-state index contributed by atoms with van der Waals surface area (Å²) in [5, 5.41) is 14.4. The highest BCUT2D eigenvalue weighted by atomic mass is 16.4. The van der Waals surface area contributed by atoms with Gasteiger partial charge in [0.1, 0.15) is 0 Å². The van der Waals surface area contributed by atoms with Crippen LogP contribution in [-0.2, 0) is 4.79 Å². The largest absolute Gasteiger partial charge is 0.481 e. The van der Waals surface area contributed by atoms with Crippen molar-refractivity contribution in [2.45, 2.75) is 32.2 Å². The number of carbonyl (C=O) groups is 2. The summed E-state index contributed by atoms with van der Waals surface area (Å²) in [5.41, 5.74) is 0. The second-order valence-electron chi connectivity index (χ2n) is 5.03. The highest BCUT2D eigenvalue weighted by molar-refractivity contribution is 5.74. The molecule has 0 bridgehead atoms. The van der Waals surface area contributed by atoms with Gasteiger partial charge in [0.25, 0.3) is 0 Å². The van der Waals surface area contributed by atoms with Gasteiger partial charge in [-0.3, -0.25) is 4.79 Å². The number of carboxylic acid groups (broad SMARTS) is 1. The van der Waals surface area contributed by atoms with Crippen LogP contribution in [0.2, 0.25) is 0 Å². The maximum absolute atomic E-state index is 11.5. The van der Waals surface area contributed by atoms with Crippen LogP contribution in [0.1, 0.15) is 26.2 Å². The first kappa shape index (κ1) is 14.8. The second-order valence-corrected chi connectivity index (χ2v) is 5.03. The van der Waals surface area contributed by atoms with Gasteiger partial charge >= 0.3 is 12.0 Å². The lowest BCUT2D eigenvalue weighted by Crippen LogP contribution is -2.43. The Balaban J connectivity index is 2.05. The maximum Gasteiger partial charge on any atom is 0.315 e. The summed E-state index contributed by atoms with van der Waals surface area (Å²) in [6.07, 6.45) is 2.26. The van der Waals surface area contributed by atoms with E-state index in [-0.39, 0.29) is 18.0 Å². The fraction of sp³-hybridized carbons (Fsp3) is 0.833. The molecule has 0 aromatic carbocycles. The summed E-state index contributed by atoms with van der Waals surface area (Å²) in [7, 11) is 2.03. The molecule has 0 aromatic rings. The van der Waals surface area contributed by atoms with E-state index in [1.54, 1.807) is 6.92 Å². The van der Waals surface area contributed by atoms with Crippen molar-refractivity contribution in [1.82, 2.24) is 15.5 Å². The number of hydrogen-bond donors (Lipinski definition) is 3. The molecule has 1 aliphatic heterocycles. The van der Waals surface area contributed by atoms with Crippen molar-refractivity contribution in [3.63, 3.8) is 0 Å². The number of carboxylic acids is 1. The summed E-state index contributed by atoms with van der Waals surface area (Å²) < 4.78 is 0. The third-order valence-electron chi connectivity index (χ3n) is 3.25. The van der Waals surface area contributed by atoms with Crippen molar-refractivity contribution in [2.75, 3.05) is 26.7 Å². The molecule has 6 nitrogen and oxygen atoms in total. The van der Waals surface area contributed by atoms with Gasteiger partial charge in [0.15, 0.2) is 0 Å². The van der Waals surface area contributed by atoms with Gasteiger partial charge in [0.05, 0.1) is 5.92 Å². The number of likely N-dealkylation sites (tertiary alicyclic amines) is 1. The van der Waals surface area contributed by atoms with Crippen LogP contribution < -0.4 is 10.6 Å². The molecular formula is C12H23N3O3. The number of aliphatic carboxylic acids is 1. The minimum absolute atomic E-state index is 0.154. The Morgan fingerprint density at radius 1 is 1.50 bits per heavy atom. The Morgan fingerprint density at radius 2 is 2.22 bits per heavy atom. The molecule has 6 heteroatoms. The van der Waals surface area contributed by atoms with Gasteiger partial charge in [-0.05, 0) is 32.9 Å². The summed E-state index contributed by atoms with van der Waals surface area (Å²) >= 11 is 0. The highest BCUT2D eigenvalue weighted by Crippen LogP contribution is 2.06. The summed E-state index contributed by atoms with van der Waals surface area (Å²) in [4.78, 5) is 24.3. The topological polar surface area (TPSA) is 81.7 Å². The molecule has 0 aliphatic carbocycles. The van der Waals surface area contributed by atoms with Crippen LogP contribution in [0, 0.1) is 5.92 Å². The fourth-order valence-corrected chi connectivity index (χ4v) is 2.02. The van der Waals surface area contributed by atoms with Crippen LogP contribution in [0.25, 0.3) is 0 Å². The monoisotopic (exact) mass is 257 g/mol. The van der Waals surface area contributed by atoms with Crippen LogP contribution in [-0.4, -0.2) is 54.7 Å². The average Bonchev–Trinajstić information content (AvgIpc) is 2.69. The van der Waals surface area contributed by atoms with Gasteiger partial charge in [-0.25, -0.2) is 4.79 Å². The number of likely N-dealkylation sites (N-methyl/N-ethyl adjacent to an activating group) is 1. The predicted octanol–water partition coefficient (Wildman–Crippen LogP) is 0.491. The first-order valence-corrected chi connectivity index (χ1v) is 6.44. The fourth-order valence-electron chi connectivity index (χ4n) is 2.02. The van der Waals surface area contributed by atoms with Gasteiger partial charge in [-0.2, -0.15) is 0 Å². The molecule has 0 radical (unpaired) electrons. The lowest BCUT2D eigenvalue weighted by molar-refractivity contribution is -0.141. The molecule has 0 saturated carbocycles. The van der Waals surface area contributed by atoms with E-state index in [1.807, 2.05) is 7.05 Å². The molecule has 1 rings (SSSR count). The predicted molar refractivity (Wildman–Crippen MR) is 68.5 cm³/mol. The molecule has 2 amide bonds. The zero-order valence-electron chi connectivity index (χ0n) is 11.1. The standard InChI is InChI=1S/C12H23N3O3/c1-9(11(16)17)4-3-6-13-12(18)14-10-5-7-15(2)8-10/h9-10H,3-8H2,1-2H3,(H,16,17)(H2,13,14,18). The Labute approximate surface area is 108 Å². The zero-order chi connectivity index (χ0) is 13.5. The summed E-state index contributed by atoms with van der Waals surface area (Å²) in [5.74, 6) is -1.13. The van der Waals surface area contributed by atoms with Crippen LogP contribution >= 0.6 is 0 Å².